The molecule has 4 aromatic carbocycles. The van der Waals surface area contributed by atoms with E-state index in [-0.39, 0.29) is 0 Å². The van der Waals surface area contributed by atoms with Crippen LogP contribution >= 0.6 is 0 Å². The average molecular weight is 359 g/mol. The van der Waals surface area contributed by atoms with Gasteiger partial charge in [-0.15, -0.1) is 0 Å². The Kier molecular flexibility index (Phi) is 4.11. The van der Waals surface area contributed by atoms with Gasteiger partial charge in [0.2, 0.25) is 0 Å². The highest BCUT2D eigenvalue weighted by Crippen LogP contribution is 2.21. The topological polar surface area (TPSA) is 38.7 Å². The van der Waals surface area contributed by atoms with Crippen LogP contribution in [-0.2, 0) is 0 Å². The first-order valence-electron chi connectivity index (χ1n) is 9.20. The van der Waals surface area contributed by atoms with Gasteiger partial charge in [0.1, 0.15) is 0 Å². The summed E-state index contributed by atoms with van der Waals surface area (Å²) in [6, 6.07) is 29.1. The number of pyridine rings is 1. The van der Waals surface area contributed by atoms with Gasteiger partial charge in [0, 0.05) is 24.0 Å². The van der Waals surface area contributed by atoms with Crippen molar-refractivity contribution < 1.29 is 0 Å². The Morgan fingerprint density at radius 1 is 0.357 bits per heavy atom. The van der Waals surface area contributed by atoms with Gasteiger partial charge in [0.25, 0.3) is 0 Å². The van der Waals surface area contributed by atoms with Crippen LogP contribution < -0.4 is 0 Å². The maximum absolute atomic E-state index is 4.33. The smallest absolute Gasteiger partial charge is 0.0893 e. The monoisotopic (exact) mass is 359 g/mol. The van der Waals surface area contributed by atoms with Crippen molar-refractivity contribution in [2.75, 3.05) is 0 Å². The number of aromatic nitrogens is 3. The van der Waals surface area contributed by atoms with Gasteiger partial charge < -0.3 is 0 Å². The molecule has 3 heteroatoms. The van der Waals surface area contributed by atoms with E-state index in [1.54, 1.807) is 12.4 Å². The number of benzene rings is 4. The molecule has 0 atom stereocenters. The van der Waals surface area contributed by atoms with Gasteiger partial charge in [0.05, 0.1) is 16.6 Å². The molecule has 0 unspecified atom stereocenters. The summed E-state index contributed by atoms with van der Waals surface area (Å²) in [5, 5.41) is 6.14. The minimum Gasteiger partial charge on any atom is -0.256 e. The van der Waals surface area contributed by atoms with Crippen molar-refractivity contribution in [3.05, 3.63) is 104 Å². The molecule has 2 heterocycles. The van der Waals surface area contributed by atoms with Crippen LogP contribution in [-0.4, -0.2) is 15.0 Å². The van der Waals surface area contributed by atoms with E-state index in [4.69, 9.17) is 0 Å². The Hall–Kier alpha value is -3.85. The van der Waals surface area contributed by atoms with E-state index in [1.807, 2.05) is 24.4 Å². The van der Waals surface area contributed by atoms with Gasteiger partial charge in [-0.1, -0.05) is 54.6 Å². The van der Waals surface area contributed by atoms with Gasteiger partial charge in [0.15, 0.2) is 0 Å². The number of rotatable bonds is 0. The molecule has 0 N–H and O–H groups in total. The van der Waals surface area contributed by atoms with Crippen molar-refractivity contribution in [2.24, 2.45) is 0 Å². The summed E-state index contributed by atoms with van der Waals surface area (Å²) in [6.07, 6.45) is 5.27. The molecule has 0 radical (unpaired) electrons. The molecule has 0 fully saturated rings. The summed E-state index contributed by atoms with van der Waals surface area (Å²) in [6.45, 7) is 0. The SMILES string of the molecule is c1ccc2cc3ncccc3cc2c1.c1ccc2cc3nccnc3cc2c1. The molecule has 0 aliphatic heterocycles. The zero-order chi connectivity index (χ0) is 18.8. The van der Waals surface area contributed by atoms with Crippen LogP contribution in [0.4, 0.5) is 0 Å². The summed E-state index contributed by atoms with van der Waals surface area (Å²) >= 11 is 0. The lowest BCUT2D eigenvalue weighted by Gasteiger charge is -2.00. The van der Waals surface area contributed by atoms with E-state index in [0.717, 1.165) is 16.6 Å². The number of nitrogens with zero attached hydrogens (tertiary/aromatic N) is 3. The first-order chi connectivity index (χ1) is 13.9. The predicted octanol–water partition coefficient (Wildman–Crippen LogP) is 6.17. The van der Waals surface area contributed by atoms with E-state index >= 15 is 0 Å². The van der Waals surface area contributed by atoms with Crippen LogP contribution in [0.1, 0.15) is 0 Å². The summed E-state index contributed by atoms with van der Waals surface area (Å²) in [5.41, 5.74) is 2.96. The van der Waals surface area contributed by atoms with E-state index in [1.165, 1.54) is 26.9 Å². The second-order valence-electron chi connectivity index (χ2n) is 6.64. The lowest BCUT2D eigenvalue weighted by Crippen LogP contribution is -1.82. The molecule has 0 saturated heterocycles. The number of fused-ring (bicyclic) bond motifs is 4. The molecular weight excluding hydrogens is 342 g/mol. The first-order valence-corrected chi connectivity index (χ1v) is 9.20. The molecule has 0 aliphatic carbocycles. The fraction of sp³-hybridized carbons (Fsp3) is 0. The van der Waals surface area contributed by atoms with Crippen LogP contribution in [0.25, 0.3) is 43.5 Å². The summed E-state index contributed by atoms with van der Waals surface area (Å²) in [4.78, 5) is 12.9. The van der Waals surface area contributed by atoms with Gasteiger partial charge >= 0.3 is 0 Å². The summed E-state index contributed by atoms with van der Waals surface area (Å²) < 4.78 is 0. The zero-order valence-corrected chi connectivity index (χ0v) is 15.2. The minimum absolute atomic E-state index is 0.950. The second-order valence-corrected chi connectivity index (χ2v) is 6.64. The number of hydrogen-bond donors (Lipinski definition) is 0. The largest absolute Gasteiger partial charge is 0.256 e. The van der Waals surface area contributed by atoms with E-state index in [2.05, 4.69) is 81.7 Å². The molecule has 0 amide bonds. The van der Waals surface area contributed by atoms with Crippen molar-refractivity contribution in [3.63, 3.8) is 0 Å². The van der Waals surface area contributed by atoms with Crippen molar-refractivity contribution in [2.45, 2.75) is 0 Å². The molecular formula is C25H17N3. The molecule has 0 aliphatic rings. The molecule has 2 aromatic heterocycles. The third-order valence-electron chi connectivity index (χ3n) is 4.81. The maximum atomic E-state index is 4.33. The molecule has 6 aromatic rings. The van der Waals surface area contributed by atoms with Crippen molar-refractivity contribution in [3.8, 4) is 0 Å². The Morgan fingerprint density at radius 2 is 0.786 bits per heavy atom. The van der Waals surface area contributed by atoms with Gasteiger partial charge in [-0.2, -0.15) is 0 Å². The summed E-state index contributed by atoms with van der Waals surface area (Å²) in [5.74, 6) is 0. The molecule has 0 bridgehead atoms. The van der Waals surface area contributed by atoms with Gasteiger partial charge in [-0.25, -0.2) is 0 Å². The quantitative estimate of drug-likeness (QED) is 0.304. The van der Waals surface area contributed by atoms with Crippen LogP contribution in [0.5, 0.6) is 0 Å². The highest BCUT2D eigenvalue weighted by atomic mass is 14.8. The Labute approximate surface area is 162 Å². The van der Waals surface area contributed by atoms with E-state index in [0.29, 0.717) is 0 Å². The Morgan fingerprint density at radius 3 is 1.36 bits per heavy atom. The fourth-order valence-electron chi connectivity index (χ4n) is 3.41. The molecule has 3 nitrogen and oxygen atoms in total. The van der Waals surface area contributed by atoms with Crippen molar-refractivity contribution in [1.29, 1.82) is 0 Å². The zero-order valence-electron chi connectivity index (χ0n) is 15.2. The van der Waals surface area contributed by atoms with Gasteiger partial charge in [-0.3, -0.25) is 15.0 Å². The minimum atomic E-state index is 0.950. The third-order valence-corrected chi connectivity index (χ3v) is 4.81. The molecule has 0 spiro atoms. The standard InChI is InChI=1S/C13H9N.C12H8N2/c1-2-5-11-9-13-12(6-3-7-14-13)8-10(11)4-1;1-2-4-10-8-12-11(7-9(10)3-1)13-5-6-14-12/h1-9H;1-8H. The Balaban J connectivity index is 0.000000122. The van der Waals surface area contributed by atoms with Crippen LogP contribution in [0.3, 0.4) is 0 Å². The van der Waals surface area contributed by atoms with Crippen LogP contribution in [0.15, 0.2) is 104 Å². The lowest BCUT2D eigenvalue weighted by molar-refractivity contribution is 1.30. The first kappa shape index (κ1) is 16.3. The van der Waals surface area contributed by atoms with Gasteiger partial charge in [-0.05, 0) is 51.9 Å². The Bertz CT molecular complexity index is 1100. The second kappa shape index (κ2) is 7.05. The maximum Gasteiger partial charge on any atom is 0.0893 e. The van der Waals surface area contributed by atoms with Crippen LogP contribution in [0.2, 0.25) is 0 Å². The fourth-order valence-corrected chi connectivity index (χ4v) is 3.41. The molecule has 132 valence electrons. The molecule has 6 rings (SSSR count). The van der Waals surface area contributed by atoms with Crippen molar-refractivity contribution >= 4 is 43.5 Å². The molecule has 0 saturated carbocycles. The van der Waals surface area contributed by atoms with E-state index < -0.39 is 0 Å². The van der Waals surface area contributed by atoms with Crippen LogP contribution in [0, 0.1) is 0 Å². The number of hydrogen-bond acceptors (Lipinski definition) is 3. The third kappa shape index (κ3) is 3.14. The summed E-state index contributed by atoms with van der Waals surface area (Å²) in [7, 11) is 0. The average Bonchev–Trinajstić information content (AvgIpc) is 2.76. The lowest BCUT2D eigenvalue weighted by atomic mass is 10.1. The van der Waals surface area contributed by atoms with E-state index in [9.17, 15) is 0 Å². The highest BCUT2D eigenvalue weighted by Gasteiger charge is 1.98. The highest BCUT2D eigenvalue weighted by molar-refractivity contribution is 5.96. The van der Waals surface area contributed by atoms with Crippen molar-refractivity contribution in [1.82, 2.24) is 15.0 Å². The normalized spacial score (nSPS) is 10.9. The predicted molar refractivity (Wildman–Crippen MR) is 116 cm³/mol. The molecule has 28 heavy (non-hydrogen) atoms.